The van der Waals surface area contributed by atoms with Crippen LogP contribution in [-0.4, -0.2) is 43.8 Å². The maximum Gasteiger partial charge on any atom is 0.264 e. The van der Waals surface area contributed by atoms with Crippen LogP contribution in [0.25, 0.3) is 0 Å². The number of halogens is 1. The Morgan fingerprint density at radius 1 is 0.927 bits per heavy atom. The molecular formula is C32H38ClN3O4S. The van der Waals surface area contributed by atoms with Gasteiger partial charge in [0, 0.05) is 17.6 Å². The number of benzene rings is 3. The van der Waals surface area contributed by atoms with Gasteiger partial charge in [0.25, 0.3) is 10.0 Å². The van der Waals surface area contributed by atoms with E-state index in [9.17, 15) is 18.0 Å². The lowest BCUT2D eigenvalue weighted by molar-refractivity contribution is -0.139. The molecule has 1 N–H and O–H groups in total. The molecular weight excluding hydrogens is 558 g/mol. The molecule has 1 saturated carbocycles. The standard InChI is InChI=1S/C32H38ClN3O4S/c1-23(2)26-16-18-29(19-17-26)36(41(39,40)30-14-5-4-6-15-30)22-31(37)35(21-25-10-9-11-27(33)20-25)24(3)32(38)34-28-12-7-8-13-28/h4-6,9-11,14-20,23-24,28H,7-8,12-13,21-22H2,1-3H3,(H,34,38)/t24-/m0/s1. The van der Waals surface area contributed by atoms with Crippen molar-refractivity contribution in [3.63, 3.8) is 0 Å². The molecule has 0 heterocycles. The quantitative estimate of drug-likeness (QED) is 0.289. The van der Waals surface area contributed by atoms with Gasteiger partial charge in [0.2, 0.25) is 11.8 Å². The van der Waals surface area contributed by atoms with Gasteiger partial charge in [-0.3, -0.25) is 13.9 Å². The highest BCUT2D eigenvalue weighted by Crippen LogP contribution is 2.27. The van der Waals surface area contributed by atoms with Crippen LogP contribution in [0.1, 0.15) is 63.5 Å². The summed E-state index contributed by atoms with van der Waals surface area (Å²) in [4.78, 5) is 28.9. The molecule has 2 amide bonds. The van der Waals surface area contributed by atoms with E-state index in [1.165, 1.54) is 17.0 Å². The fourth-order valence-electron chi connectivity index (χ4n) is 5.08. The van der Waals surface area contributed by atoms with Crippen molar-refractivity contribution in [2.24, 2.45) is 0 Å². The zero-order valence-corrected chi connectivity index (χ0v) is 25.4. The highest BCUT2D eigenvalue weighted by molar-refractivity contribution is 7.92. The van der Waals surface area contributed by atoms with Crippen LogP contribution in [0.2, 0.25) is 5.02 Å². The normalized spacial score (nSPS) is 14.6. The number of hydrogen-bond donors (Lipinski definition) is 1. The van der Waals surface area contributed by atoms with Crippen molar-refractivity contribution in [2.45, 2.75) is 75.9 Å². The van der Waals surface area contributed by atoms with Gasteiger partial charge in [0.05, 0.1) is 10.6 Å². The molecule has 0 aromatic heterocycles. The average Bonchev–Trinajstić information content (AvgIpc) is 3.47. The third-order valence-electron chi connectivity index (χ3n) is 7.57. The lowest BCUT2D eigenvalue weighted by Crippen LogP contribution is -2.52. The van der Waals surface area contributed by atoms with E-state index >= 15 is 0 Å². The number of carbonyl (C=O) groups excluding carboxylic acids is 2. The summed E-state index contributed by atoms with van der Waals surface area (Å²) in [7, 11) is -4.10. The van der Waals surface area contributed by atoms with E-state index in [1.54, 1.807) is 55.5 Å². The predicted molar refractivity (Wildman–Crippen MR) is 163 cm³/mol. The van der Waals surface area contributed by atoms with E-state index in [0.717, 1.165) is 41.1 Å². The Labute approximate surface area is 248 Å². The van der Waals surface area contributed by atoms with Gasteiger partial charge in [0.15, 0.2) is 0 Å². The molecule has 1 atom stereocenters. The SMILES string of the molecule is CC(C)c1ccc(N(CC(=O)N(Cc2cccc(Cl)c2)[C@@H](C)C(=O)NC2CCCC2)S(=O)(=O)c2ccccc2)cc1. The summed E-state index contributed by atoms with van der Waals surface area (Å²) < 4.78 is 28.9. The number of hydrogen-bond acceptors (Lipinski definition) is 4. The number of sulfonamides is 1. The van der Waals surface area contributed by atoms with Crippen LogP contribution in [0.5, 0.6) is 0 Å². The number of anilines is 1. The first kappa shape index (κ1) is 30.6. The second-order valence-electron chi connectivity index (χ2n) is 10.9. The maximum atomic E-state index is 14.1. The molecule has 7 nitrogen and oxygen atoms in total. The fraction of sp³-hybridized carbons (Fsp3) is 0.375. The van der Waals surface area contributed by atoms with Gasteiger partial charge >= 0.3 is 0 Å². The lowest BCUT2D eigenvalue weighted by Gasteiger charge is -2.32. The lowest BCUT2D eigenvalue weighted by atomic mass is 10.0. The summed E-state index contributed by atoms with van der Waals surface area (Å²) in [6.07, 6.45) is 3.95. The van der Waals surface area contributed by atoms with E-state index in [4.69, 9.17) is 11.6 Å². The summed E-state index contributed by atoms with van der Waals surface area (Å²) >= 11 is 6.22. The van der Waals surface area contributed by atoms with Gasteiger partial charge in [-0.2, -0.15) is 0 Å². The van der Waals surface area contributed by atoms with E-state index in [-0.39, 0.29) is 29.3 Å². The van der Waals surface area contributed by atoms with Crippen molar-refractivity contribution in [3.8, 4) is 0 Å². The molecule has 3 aromatic rings. The van der Waals surface area contributed by atoms with E-state index < -0.39 is 28.5 Å². The number of rotatable bonds is 11. The minimum absolute atomic E-state index is 0.0779. The zero-order valence-electron chi connectivity index (χ0n) is 23.8. The Bertz CT molecular complexity index is 1440. The Kier molecular flexibility index (Phi) is 10.1. The second kappa shape index (κ2) is 13.5. The first-order valence-electron chi connectivity index (χ1n) is 14.1. The third-order valence-corrected chi connectivity index (χ3v) is 9.59. The Balaban J connectivity index is 1.68. The molecule has 1 aliphatic carbocycles. The summed E-state index contributed by atoms with van der Waals surface area (Å²) in [5.41, 5.74) is 2.17. The molecule has 0 unspecified atom stereocenters. The van der Waals surface area contributed by atoms with Crippen LogP contribution in [0, 0.1) is 0 Å². The maximum absolute atomic E-state index is 14.1. The minimum atomic E-state index is -4.10. The van der Waals surface area contributed by atoms with Crippen molar-refractivity contribution in [1.29, 1.82) is 0 Å². The molecule has 0 radical (unpaired) electrons. The smallest absolute Gasteiger partial charge is 0.264 e. The Morgan fingerprint density at radius 2 is 1.59 bits per heavy atom. The van der Waals surface area contributed by atoms with E-state index in [2.05, 4.69) is 19.2 Å². The zero-order chi connectivity index (χ0) is 29.6. The molecule has 4 rings (SSSR count). The topological polar surface area (TPSA) is 86.8 Å². The van der Waals surface area contributed by atoms with Crippen molar-refractivity contribution in [1.82, 2.24) is 10.2 Å². The Hall–Kier alpha value is -3.36. The minimum Gasteiger partial charge on any atom is -0.352 e. The monoisotopic (exact) mass is 595 g/mol. The number of nitrogens with zero attached hydrogens (tertiary/aromatic N) is 2. The van der Waals surface area contributed by atoms with Crippen molar-refractivity contribution >= 4 is 39.1 Å². The largest absolute Gasteiger partial charge is 0.352 e. The van der Waals surface area contributed by atoms with Gasteiger partial charge in [-0.15, -0.1) is 0 Å². The predicted octanol–water partition coefficient (Wildman–Crippen LogP) is 6.13. The summed E-state index contributed by atoms with van der Waals surface area (Å²) in [6.45, 7) is 5.43. The van der Waals surface area contributed by atoms with Crippen LogP contribution in [0.4, 0.5) is 5.69 Å². The van der Waals surface area contributed by atoms with E-state index in [1.807, 2.05) is 18.2 Å². The van der Waals surface area contributed by atoms with Gasteiger partial charge < -0.3 is 10.2 Å². The molecule has 0 spiro atoms. The van der Waals surface area contributed by atoms with Gasteiger partial charge in [-0.1, -0.05) is 80.8 Å². The van der Waals surface area contributed by atoms with Gasteiger partial charge in [-0.05, 0) is 73.2 Å². The second-order valence-corrected chi connectivity index (χ2v) is 13.2. The fourth-order valence-corrected chi connectivity index (χ4v) is 6.73. The van der Waals surface area contributed by atoms with Crippen LogP contribution >= 0.6 is 11.6 Å². The van der Waals surface area contributed by atoms with Crippen LogP contribution in [0.15, 0.2) is 83.8 Å². The molecule has 9 heteroatoms. The molecule has 3 aromatic carbocycles. The molecule has 0 bridgehead atoms. The highest BCUT2D eigenvalue weighted by Gasteiger charge is 2.33. The third kappa shape index (κ3) is 7.68. The molecule has 1 aliphatic rings. The average molecular weight is 596 g/mol. The van der Waals surface area contributed by atoms with Crippen LogP contribution in [-0.2, 0) is 26.2 Å². The first-order valence-corrected chi connectivity index (χ1v) is 15.9. The molecule has 41 heavy (non-hydrogen) atoms. The number of amides is 2. The van der Waals surface area contributed by atoms with E-state index in [0.29, 0.717) is 10.7 Å². The molecule has 0 aliphatic heterocycles. The van der Waals surface area contributed by atoms with Crippen molar-refractivity contribution < 1.29 is 18.0 Å². The number of carbonyl (C=O) groups is 2. The Morgan fingerprint density at radius 3 is 2.20 bits per heavy atom. The van der Waals surface area contributed by atoms with Crippen molar-refractivity contribution in [2.75, 3.05) is 10.8 Å². The van der Waals surface area contributed by atoms with Crippen molar-refractivity contribution in [3.05, 3.63) is 95.0 Å². The first-order chi connectivity index (χ1) is 19.6. The number of nitrogens with one attached hydrogen (secondary N) is 1. The summed E-state index contributed by atoms with van der Waals surface area (Å²) in [5.74, 6) is -0.491. The molecule has 0 saturated heterocycles. The highest BCUT2D eigenvalue weighted by atomic mass is 35.5. The molecule has 1 fully saturated rings. The summed E-state index contributed by atoms with van der Waals surface area (Å²) in [6, 6.07) is 21.6. The summed E-state index contributed by atoms with van der Waals surface area (Å²) in [5, 5.41) is 3.59. The van der Waals surface area contributed by atoms with Crippen LogP contribution in [0.3, 0.4) is 0 Å². The molecule has 218 valence electrons. The van der Waals surface area contributed by atoms with Crippen LogP contribution < -0.4 is 9.62 Å². The van der Waals surface area contributed by atoms with Gasteiger partial charge in [-0.25, -0.2) is 8.42 Å². The van der Waals surface area contributed by atoms with Gasteiger partial charge in [0.1, 0.15) is 12.6 Å².